The van der Waals surface area contributed by atoms with Crippen molar-refractivity contribution in [2.75, 3.05) is 10.5 Å². The Morgan fingerprint density at radius 3 is 2.43 bits per heavy atom. The molecular formula is C19H16F2N2O3S2. The van der Waals surface area contributed by atoms with Crippen LogP contribution in [0.3, 0.4) is 0 Å². The highest BCUT2D eigenvalue weighted by molar-refractivity contribution is 7.99. The van der Waals surface area contributed by atoms with Crippen molar-refractivity contribution in [3.05, 3.63) is 77.9 Å². The zero-order valence-corrected chi connectivity index (χ0v) is 16.0. The molecule has 0 saturated carbocycles. The largest absolute Gasteiger partial charge is 0.486 e. The lowest BCUT2D eigenvalue weighted by molar-refractivity contribution is 0.289. The summed E-state index contributed by atoms with van der Waals surface area (Å²) in [6, 6.07) is 15.5. The summed E-state index contributed by atoms with van der Waals surface area (Å²) in [4.78, 5) is 1.80. The summed E-state index contributed by atoms with van der Waals surface area (Å²) in [5.41, 5.74) is 7.24. The minimum absolute atomic E-state index is 0.0851. The van der Waals surface area contributed by atoms with E-state index in [9.17, 15) is 13.0 Å². The minimum Gasteiger partial charge on any atom is -0.486 e. The molecule has 1 atom stereocenters. The van der Waals surface area contributed by atoms with Crippen LogP contribution < -0.4 is 15.2 Å². The average Bonchev–Trinajstić information content (AvgIpc) is 2.64. The van der Waals surface area contributed by atoms with Gasteiger partial charge in [-0.3, -0.25) is 9.27 Å². The molecule has 1 unspecified atom stereocenters. The van der Waals surface area contributed by atoms with Crippen molar-refractivity contribution >= 4 is 34.4 Å². The van der Waals surface area contributed by atoms with E-state index < -0.39 is 22.9 Å². The van der Waals surface area contributed by atoms with E-state index in [-0.39, 0.29) is 12.4 Å². The van der Waals surface area contributed by atoms with Crippen LogP contribution in [0.5, 0.6) is 5.75 Å². The number of hydrogen-bond donors (Lipinski definition) is 3. The molecule has 9 heteroatoms. The van der Waals surface area contributed by atoms with Gasteiger partial charge in [0.15, 0.2) is 11.6 Å². The second kappa shape index (κ2) is 9.05. The molecule has 3 rings (SSSR count). The number of nitrogen functional groups attached to an aromatic ring is 1. The van der Waals surface area contributed by atoms with Crippen molar-refractivity contribution < 1.29 is 22.3 Å². The molecule has 5 nitrogen and oxygen atoms in total. The number of rotatable bonds is 7. The van der Waals surface area contributed by atoms with Crippen molar-refractivity contribution in [2.45, 2.75) is 16.4 Å². The fourth-order valence-corrected chi connectivity index (χ4v) is 3.64. The van der Waals surface area contributed by atoms with Crippen LogP contribution >= 0.6 is 11.8 Å². The average molecular weight is 422 g/mol. The van der Waals surface area contributed by atoms with Crippen LogP contribution in [0.25, 0.3) is 0 Å². The minimum atomic E-state index is -2.28. The molecule has 3 aromatic rings. The standard InChI is InChI=1S/C19H16F2N2O3S2/c20-13-1-8-19(17(21)10-13)26-11-12-9-16(6-7-18(12)23-28(24)25)27-15-4-2-14(22)3-5-15/h1-10,23H,11,22H2,(H,24,25). The normalized spacial score (nSPS) is 11.8. The zero-order chi connectivity index (χ0) is 20.1. The Morgan fingerprint density at radius 1 is 1.04 bits per heavy atom. The number of benzene rings is 3. The summed E-state index contributed by atoms with van der Waals surface area (Å²) in [5, 5.41) is 0. The molecule has 0 spiro atoms. The molecule has 3 aromatic carbocycles. The van der Waals surface area contributed by atoms with E-state index >= 15 is 0 Å². The summed E-state index contributed by atoms with van der Waals surface area (Å²) in [7, 11) is 0. The molecule has 146 valence electrons. The monoisotopic (exact) mass is 422 g/mol. The van der Waals surface area contributed by atoms with Gasteiger partial charge in [-0.2, -0.15) is 0 Å². The van der Waals surface area contributed by atoms with Crippen LogP contribution in [-0.4, -0.2) is 8.76 Å². The Morgan fingerprint density at radius 2 is 1.75 bits per heavy atom. The summed E-state index contributed by atoms with van der Waals surface area (Å²) in [6.07, 6.45) is 0. The highest BCUT2D eigenvalue weighted by Crippen LogP contribution is 2.32. The fourth-order valence-electron chi connectivity index (χ4n) is 2.37. The first-order valence-corrected chi connectivity index (χ1v) is 9.95. The number of nitrogens with two attached hydrogens (primary N) is 1. The van der Waals surface area contributed by atoms with E-state index in [2.05, 4.69) is 4.72 Å². The second-order valence-electron chi connectivity index (χ2n) is 5.70. The summed E-state index contributed by atoms with van der Waals surface area (Å²) < 4.78 is 54.9. The lowest BCUT2D eigenvalue weighted by Crippen LogP contribution is -2.07. The fraction of sp³-hybridized carbons (Fsp3) is 0.0526. The lowest BCUT2D eigenvalue weighted by atomic mass is 10.2. The number of halogens is 2. The molecule has 0 amide bonds. The van der Waals surface area contributed by atoms with Gasteiger partial charge in [-0.15, -0.1) is 0 Å². The van der Waals surface area contributed by atoms with Gasteiger partial charge in [-0.1, -0.05) is 11.8 Å². The molecule has 0 bridgehead atoms. The third-order valence-corrected chi connectivity index (χ3v) is 5.06. The van der Waals surface area contributed by atoms with E-state index in [0.717, 1.165) is 21.9 Å². The first-order chi connectivity index (χ1) is 13.4. The number of nitrogens with one attached hydrogen (secondary N) is 1. The Balaban J connectivity index is 1.82. The van der Waals surface area contributed by atoms with Gasteiger partial charge in [0.2, 0.25) is 0 Å². The Labute approximate surface area is 167 Å². The number of anilines is 2. The molecule has 0 fully saturated rings. The molecule has 0 saturated heterocycles. The van der Waals surface area contributed by atoms with Crippen LogP contribution in [0.15, 0.2) is 70.5 Å². The van der Waals surface area contributed by atoms with Gasteiger partial charge in [-0.05, 0) is 54.6 Å². The van der Waals surface area contributed by atoms with Crippen LogP contribution in [-0.2, 0) is 17.9 Å². The molecule has 0 radical (unpaired) electrons. The molecule has 0 heterocycles. The van der Waals surface area contributed by atoms with E-state index in [0.29, 0.717) is 16.9 Å². The predicted octanol–water partition coefficient (Wildman–Crippen LogP) is 4.83. The maximum Gasteiger partial charge on any atom is 0.259 e. The van der Waals surface area contributed by atoms with Gasteiger partial charge in [0.25, 0.3) is 11.3 Å². The van der Waals surface area contributed by atoms with Gasteiger partial charge >= 0.3 is 0 Å². The van der Waals surface area contributed by atoms with Gasteiger partial charge in [0.1, 0.15) is 12.4 Å². The van der Waals surface area contributed by atoms with E-state index in [1.165, 1.54) is 17.8 Å². The zero-order valence-electron chi connectivity index (χ0n) is 14.4. The molecule has 0 aliphatic heterocycles. The van der Waals surface area contributed by atoms with Gasteiger partial charge in [-0.25, -0.2) is 13.0 Å². The number of ether oxygens (including phenoxy) is 1. The molecular weight excluding hydrogens is 406 g/mol. The van der Waals surface area contributed by atoms with Crippen molar-refractivity contribution in [3.8, 4) is 5.75 Å². The Bertz CT molecular complexity index is 1000. The highest BCUT2D eigenvalue weighted by Gasteiger charge is 2.11. The summed E-state index contributed by atoms with van der Waals surface area (Å²) >= 11 is -0.816. The SMILES string of the molecule is Nc1ccc(Sc2ccc(NS(=O)O)c(COc3ccc(F)cc3F)c2)cc1. The molecule has 0 aromatic heterocycles. The van der Waals surface area contributed by atoms with Crippen LogP contribution in [0.4, 0.5) is 20.2 Å². The third kappa shape index (κ3) is 5.44. The third-order valence-electron chi connectivity index (χ3n) is 3.67. The van der Waals surface area contributed by atoms with Gasteiger partial charge in [0.05, 0.1) is 5.69 Å². The predicted molar refractivity (Wildman–Crippen MR) is 107 cm³/mol. The van der Waals surface area contributed by atoms with Gasteiger partial charge in [0, 0.05) is 27.1 Å². The molecule has 4 N–H and O–H groups in total. The number of hydrogen-bond acceptors (Lipinski definition) is 4. The van der Waals surface area contributed by atoms with E-state index in [1.54, 1.807) is 30.3 Å². The van der Waals surface area contributed by atoms with E-state index in [4.69, 9.17) is 15.0 Å². The molecule has 0 aliphatic carbocycles. The van der Waals surface area contributed by atoms with Crippen molar-refractivity contribution in [2.24, 2.45) is 0 Å². The Kier molecular flexibility index (Phi) is 6.50. The maximum absolute atomic E-state index is 13.8. The first kappa shape index (κ1) is 20.1. The van der Waals surface area contributed by atoms with Crippen molar-refractivity contribution in [3.63, 3.8) is 0 Å². The van der Waals surface area contributed by atoms with Crippen LogP contribution in [0.2, 0.25) is 0 Å². The van der Waals surface area contributed by atoms with Crippen molar-refractivity contribution in [1.29, 1.82) is 0 Å². The quantitative estimate of drug-likeness (QED) is 0.375. The van der Waals surface area contributed by atoms with E-state index in [1.807, 2.05) is 12.1 Å². The Hall–Kier alpha value is -2.62. The lowest BCUT2D eigenvalue weighted by Gasteiger charge is -2.13. The first-order valence-electron chi connectivity index (χ1n) is 8.02. The smallest absolute Gasteiger partial charge is 0.259 e. The topological polar surface area (TPSA) is 84.6 Å². The van der Waals surface area contributed by atoms with Gasteiger partial charge < -0.3 is 10.5 Å². The molecule has 28 heavy (non-hydrogen) atoms. The molecule has 0 aliphatic rings. The maximum atomic E-state index is 13.8. The van der Waals surface area contributed by atoms with Crippen LogP contribution in [0, 0.1) is 11.6 Å². The highest BCUT2D eigenvalue weighted by atomic mass is 32.2. The summed E-state index contributed by atoms with van der Waals surface area (Å²) in [6.45, 7) is -0.0851. The summed E-state index contributed by atoms with van der Waals surface area (Å²) in [5.74, 6) is -1.65. The van der Waals surface area contributed by atoms with Crippen molar-refractivity contribution in [1.82, 2.24) is 0 Å². The second-order valence-corrected chi connectivity index (χ2v) is 7.55. The van der Waals surface area contributed by atoms with Crippen LogP contribution in [0.1, 0.15) is 5.56 Å².